The SMILES string of the molecule is Brc1ccccc1C1Cc2[nH]c3ccccc3c2S1. The largest absolute Gasteiger partial charge is 0.357 e. The summed E-state index contributed by atoms with van der Waals surface area (Å²) in [5.74, 6) is 0. The van der Waals surface area contributed by atoms with Crippen molar-refractivity contribution in [3.8, 4) is 0 Å². The molecular weight excluding hydrogens is 318 g/mol. The van der Waals surface area contributed by atoms with Crippen LogP contribution in [0.5, 0.6) is 0 Å². The maximum absolute atomic E-state index is 3.67. The molecule has 1 N–H and O–H groups in total. The van der Waals surface area contributed by atoms with Crippen LogP contribution in [0.1, 0.15) is 16.5 Å². The Labute approximate surface area is 124 Å². The first-order valence-electron chi connectivity index (χ1n) is 6.33. The van der Waals surface area contributed by atoms with Crippen molar-refractivity contribution in [2.75, 3.05) is 0 Å². The van der Waals surface area contributed by atoms with Crippen molar-refractivity contribution < 1.29 is 0 Å². The van der Waals surface area contributed by atoms with E-state index in [4.69, 9.17) is 0 Å². The van der Waals surface area contributed by atoms with E-state index >= 15 is 0 Å². The molecule has 0 aliphatic carbocycles. The number of fused-ring (bicyclic) bond motifs is 3. The van der Waals surface area contributed by atoms with Gasteiger partial charge in [-0.2, -0.15) is 0 Å². The summed E-state index contributed by atoms with van der Waals surface area (Å²) in [5, 5.41) is 1.87. The van der Waals surface area contributed by atoms with Crippen LogP contribution in [-0.2, 0) is 6.42 Å². The summed E-state index contributed by atoms with van der Waals surface area (Å²) in [4.78, 5) is 4.99. The highest BCUT2D eigenvalue weighted by atomic mass is 79.9. The number of hydrogen-bond donors (Lipinski definition) is 1. The van der Waals surface area contributed by atoms with E-state index < -0.39 is 0 Å². The highest BCUT2D eigenvalue weighted by molar-refractivity contribution is 9.10. The molecule has 94 valence electrons. The zero-order chi connectivity index (χ0) is 12.8. The molecule has 1 atom stereocenters. The summed E-state index contributed by atoms with van der Waals surface area (Å²) in [5.41, 5.74) is 4.03. The summed E-state index contributed by atoms with van der Waals surface area (Å²) in [6, 6.07) is 17.1. The monoisotopic (exact) mass is 329 g/mol. The highest BCUT2D eigenvalue weighted by Crippen LogP contribution is 2.50. The number of nitrogens with one attached hydrogen (secondary N) is 1. The molecule has 1 aliphatic heterocycles. The lowest BCUT2D eigenvalue weighted by Crippen LogP contribution is -1.94. The second-order valence-electron chi connectivity index (χ2n) is 4.81. The Balaban J connectivity index is 1.77. The minimum Gasteiger partial charge on any atom is -0.357 e. The van der Waals surface area contributed by atoms with Crippen LogP contribution in [0.2, 0.25) is 0 Å². The summed E-state index contributed by atoms with van der Waals surface area (Å²) < 4.78 is 1.21. The van der Waals surface area contributed by atoms with Crippen LogP contribution in [0.4, 0.5) is 0 Å². The molecule has 3 aromatic rings. The summed E-state index contributed by atoms with van der Waals surface area (Å²) >= 11 is 5.64. The van der Waals surface area contributed by atoms with E-state index in [0.29, 0.717) is 5.25 Å². The smallest absolute Gasteiger partial charge is 0.0467 e. The molecule has 19 heavy (non-hydrogen) atoms. The Morgan fingerprint density at radius 2 is 1.84 bits per heavy atom. The fourth-order valence-corrected chi connectivity index (χ4v) is 4.89. The van der Waals surface area contributed by atoms with Crippen molar-refractivity contribution >= 4 is 38.6 Å². The van der Waals surface area contributed by atoms with E-state index in [0.717, 1.165) is 6.42 Å². The third-order valence-corrected chi connectivity index (χ3v) is 5.76. The standard InChI is InChI=1S/C16H12BrNS/c17-12-7-3-1-5-10(12)15-9-14-16(19-15)11-6-2-4-8-13(11)18-14/h1-8,15,18H,9H2. The third-order valence-electron chi connectivity index (χ3n) is 3.63. The molecule has 0 spiro atoms. The predicted molar refractivity (Wildman–Crippen MR) is 84.7 cm³/mol. The van der Waals surface area contributed by atoms with Gasteiger partial charge in [-0.1, -0.05) is 52.3 Å². The third kappa shape index (κ3) is 1.84. The zero-order valence-electron chi connectivity index (χ0n) is 10.2. The maximum Gasteiger partial charge on any atom is 0.0467 e. The van der Waals surface area contributed by atoms with Crippen LogP contribution in [-0.4, -0.2) is 4.98 Å². The Morgan fingerprint density at radius 3 is 2.74 bits per heavy atom. The van der Waals surface area contributed by atoms with Gasteiger partial charge in [0.05, 0.1) is 0 Å². The topological polar surface area (TPSA) is 15.8 Å². The fraction of sp³-hybridized carbons (Fsp3) is 0.125. The molecule has 0 amide bonds. The summed E-state index contributed by atoms with van der Waals surface area (Å²) in [6.45, 7) is 0. The lowest BCUT2D eigenvalue weighted by atomic mass is 10.1. The molecular formula is C16H12BrNS. The summed E-state index contributed by atoms with van der Waals surface area (Å²) in [6.07, 6.45) is 1.08. The molecule has 2 aromatic carbocycles. The molecule has 1 aliphatic rings. The van der Waals surface area contributed by atoms with Crippen LogP contribution < -0.4 is 0 Å². The zero-order valence-corrected chi connectivity index (χ0v) is 12.6. The first-order chi connectivity index (χ1) is 9.33. The Bertz CT molecular complexity index is 762. The normalized spacial score (nSPS) is 17.8. The van der Waals surface area contributed by atoms with Crippen LogP contribution in [0.15, 0.2) is 57.9 Å². The Morgan fingerprint density at radius 1 is 1.05 bits per heavy atom. The van der Waals surface area contributed by atoms with Crippen LogP contribution in [0.3, 0.4) is 0 Å². The van der Waals surface area contributed by atoms with Crippen molar-refractivity contribution in [3.05, 3.63) is 64.3 Å². The molecule has 3 heteroatoms. The Kier molecular flexibility index (Phi) is 2.71. The minimum absolute atomic E-state index is 0.515. The lowest BCUT2D eigenvalue weighted by Gasteiger charge is -2.11. The number of rotatable bonds is 1. The number of halogens is 1. The summed E-state index contributed by atoms with van der Waals surface area (Å²) in [7, 11) is 0. The van der Waals surface area contributed by atoms with E-state index in [2.05, 4.69) is 69.4 Å². The molecule has 4 rings (SSSR count). The molecule has 1 unspecified atom stereocenters. The van der Waals surface area contributed by atoms with Gasteiger partial charge in [0.15, 0.2) is 0 Å². The number of aromatic amines is 1. The van der Waals surface area contributed by atoms with Crippen molar-refractivity contribution in [2.24, 2.45) is 0 Å². The molecule has 0 saturated heterocycles. The van der Waals surface area contributed by atoms with E-state index in [1.54, 1.807) is 0 Å². The van der Waals surface area contributed by atoms with Crippen LogP contribution in [0, 0.1) is 0 Å². The van der Waals surface area contributed by atoms with Gasteiger partial charge in [0.1, 0.15) is 0 Å². The molecule has 0 bridgehead atoms. The van der Waals surface area contributed by atoms with Gasteiger partial charge in [-0.15, -0.1) is 11.8 Å². The molecule has 1 nitrogen and oxygen atoms in total. The van der Waals surface area contributed by atoms with Gasteiger partial charge in [0, 0.05) is 37.6 Å². The second-order valence-corrected chi connectivity index (χ2v) is 6.88. The maximum atomic E-state index is 3.67. The minimum atomic E-state index is 0.515. The number of benzene rings is 2. The number of H-pyrrole nitrogens is 1. The van der Waals surface area contributed by atoms with Crippen molar-refractivity contribution in [1.29, 1.82) is 0 Å². The highest BCUT2D eigenvalue weighted by Gasteiger charge is 2.28. The van der Waals surface area contributed by atoms with Gasteiger partial charge in [0.25, 0.3) is 0 Å². The van der Waals surface area contributed by atoms with E-state index in [1.165, 1.54) is 31.5 Å². The number of hydrogen-bond acceptors (Lipinski definition) is 1. The van der Waals surface area contributed by atoms with Gasteiger partial charge in [-0.3, -0.25) is 0 Å². The van der Waals surface area contributed by atoms with Gasteiger partial charge in [-0.25, -0.2) is 0 Å². The average Bonchev–Trinajstić information content (AvgIpc) is 2.96. The molecule has 1 aromatic heterocycles. The van der Waals surface area contributed by atoms with Crippen LogP contribution >= 0.6 is 27.7 Å². The first kappa shape index (κ1) is 11.6. The van der Waals surface area contributed by atoms with E-state index in [9.17, 15) is 0 Å². The fourth-order valence-electron chi connectivity index (χ4n) is 2.73. The van der Waals surface area contributed by atoms with Gasteiger partial charge >= 0.3 is 0 Å². The van der Waals surface area contributed by atoms with Crippen molar-refractivity contribution in [2.45, 2.75) is 16.6 Å². The molecule has 2 heterocycles. The molecule has 0 fully saturated rings. The molecule has 0 saturated carbocycles. The predicted octanol–water partition coefficient (Wildman–Crippen LogP) is 5.32. The van der Waals surface area contributed by atoms with E-state index in [-0.39, 0.29) is 0 Å². The molecule has 0 radical (unpaired) electrons. The van der Waals surface area contributed by atoms with Crippen LogP contribution in [0.25, 0.3) is 10.9 Å². The second kappa shape index (κ2) is 4.43. The van der Waals surface area contributed by atoms with Gasteiger partial charge in [0.2, 0.25) is 0 Å². The number of aromatic nitrogens is 1. The Hall–Kier alpha value is -1.19. The van der Waals surface area contributed by atoms with Gasteiger partial charge < -0.3 is 4.98 Å². The van der Waals surface area contributed by atoms with Gasteiger partial charge in [-0.05, 0) is 17.7 Å². The average molecular weight is 330 g/mol. The number of para-hydroxylation sites is 1. The quantitative estimate of drug-likeness (QED) is 0.638. The van der Waals surface area contributed by atoms with Crippen molar-refractivity contribution in [3.63, 3.8) is 0 Å². The number of thioether (sulfide) groups is 1. The first-order valence-corrected chi connectivity index (χ1v) is 8.01. The lowest BCUT2D eigenvalue weighted by molar-refractivity contribution is 0.916. The van der Waals surface area contributed by atoms with Crippen molar-refractivity contribution in [1.82, 2.24) is 4.98 Å². The van der Waals surface area contributed by atoms with E-state index in [1.807, 2.05) is 11.8 Å².